The molecule has 2 saturated heterocycles. The zero-order chi connectivity index (χ0) is 9.53. The molecule has 1 spiro atoms. The van der Waals surface area contributed by atoms with Crippen molar-refractivity contribution >= 4 is 11.8 Å². The van der Waals surface area contributed by atoms with E-state index < -0.39 is 0 Å². The molecular weight excluding hydrogens is 180 g/mol. The topological polar surface area (TPSA) is 29.3 Å². The van der Waals surface area contributed by atoms with E-state index in [2.05, 4.69) is 30.5 Å². The molecule has 0 bridgehead atoms. The molecule has 0 radical (unpaired) electrons. The van der Waals surface area contributed by atoms with Crippen LogP contribution in [0.5, 0.6) is 0 Å². The lowest BCUT2D eigenvalue weighted by Gasteiger charge is -2.33. The van der Waals surface area contributed by atoms with Crippen molar-refractivity contribution in [2.75, 3.05) is 24.6 Å². The highest BCUT2D eigenvalue weighted by Gasteiger charge is 2.43. The van der Waals surface area contributed by atoms with Gasteiger partial charge in [-0.1, -0.05) is 0 Å². The van der Waals surface area contributed by atoms with Crippen LogP contribution in [-0.2, 0) is 0 Å². The van der Waals surface area contributed by atoms with Crippen molar-refractivity contribution < 1.29 is 0 Å². The minimum Gasteiger partial charge on any atom is -0.314 e. The van der Waals surface area contributed by atoms with E-state index in [1.54, 1.807) is 0 Å². The van der Waals surface area contributed by atoms with E-state index in [1.165, 1.54) is 37.4 Å². The molecule has 1 atom stereocenters. The van der Waals surface area contributed by atoms with Crippen LogP contribution < -0.4 is 5.73 Å². The Morgan fingerprint density at radius 1 is 1.38 bits per heavy atom. The first kappa shape index (κ1) is 9.81. The highest BCUT2D eigenvalue weighted by atomic mass is 32.2. The summed E-state index contributed by atoms with van der Waals surface area (Å²) in [5, 5.41) is 0. The van der Waals surface area contributed by atoms with Crippen LogP contribution in [0.3, 0.4) is 0 Å². The zero-order valence-corrected chi connectivity index (χ0v) is 9.49. The van der Waals surface area contributed by atoms with E-state index in [0.717, 1.165) is 0 Å². The summed E-state index contributed by atoms with van der Waals surface area (Å²) in [7, 11) is 0. The second-order valence-corrected chi connectivity index (χ2v) is 6.23. The molecule has 76 valence electrons. The van der Waals surface area contributed by atoms with Crippen LogP contribution in [0.1, 0.15) is 26.7 Å². The normalized spacial score (nSPS) is 36.2. The van der Waals surface area contributed by atoms with Gasteiger partial charge in [0.1, 0.15) is 0 Å². The van der Waals surface area contributed by atoms with Crippen LogP contribution in [0, 0.1) is 5.41 Å². The minimum absolute atomic E-state index is 0.114. The molecule has 2 aliphatic heterocycles. The fourth-order valence-corrected chi connectivity index (χ4v) is 3.93. The second kappa shape index (κ2) is 3.14. The van der Waals surface area contributed by atoms with Crippen LogP contribution in [0.2, 0.25) is 0 Å². The second-order valence-electron chi connectivity index (χ2n) is 5.13. The molecule has 3 heteroatoms. The van der Waals surface area contributed by atoms with Crippen LogP contribution >= 0.6 is 11.8 Å². The third-order valence-electron chi connectivity index (χ3n) is 3.44. The number of hydrogen-bond donors (Lipinski definition) is 1. The van der Waals surface area contributed by atoms with Gasteiger partial charge in [0.15, 0.2) is 0 Å². The van der Waals surface area contributed by atoms with Crippen molar-refractivity contribution in [1.29, 1.82) is 0 Å². The first-order valence-electron chi connectivity index (χ1n) is 5.14. The Morgan fingerprint density at radius 2 is 2.15 bits per heavy atom. The summed E-state index contributed by atoms with van der Waals surface area (Å²) >= 11 is 2.12. The molecule has 2 fully saturated rings. The van der Waals surface area contributed by atoms with Gasteiger partial charge in [0.2, 0.25) is 0 Å². The number of rotatable bonds is 1. The quantitative estimate of drug-likeness (QED) is 0.696. The first-order chi connectivity index (χ1) is 6.02. The van der Waals surface area contributed by atoms with Crippen molar-refractivity contribution in [3.63, 3.8) is 0 Å². The highest BCUT2D eigenvalue weighted by molar-refractivity contribution is 7.99. The molecule has 13 heavy (non-hydrogen) atoms. The average molecular weight is 200 g/mol. The summed E-state index contributed by atoms with van der Waals surface area (Å²) in [5.74, 6) is 2.72. The summed E-state index contributed by atoms with van der Waals surface area (Å²) in [4.78, 5) is 2.44. The van der Waals surface area contributed by atoms with Crippen molar-refractivity contribution in [2.45, 2.75) is 32.4 Å². The zero-order valence-electron chi connectivity index (χ0n) is 8.68. The Labute approximate surface area is 85.2 Å². The molecule has 2 heterocycles. The maximum absolute atomic E-state index is 6.11. The van der Waals surface area contributed by atoms with E-state index in [4.69, 9.17) is 5.73 Å². The lowest BCUT2D eigenvalue weighted by Crippen LogP contribution is -2.50. The van der Waals surface area contributed by atoms with Crippen LogP contribution in [0.4, 0.5) is 0 Å². The summed E-state index contributed by atoms with van der Waals surface area (Å²) in [6.45, 7) is 6.66. The molecule has 0 aliphatic carbocycles. The van der Waals surface area contributed by atoms with Crippen LogP contribution in [0.25, 0.3) is 0 Å². The SMILES string of the molecule is CC(C)(N)N1CCC2(CCSC2)C1. The van der Waals surface area contributed by atoms with Crippen molar-refractivity contribution in [1.82, 2.24) is 4.90 Å². The molecule has 0 saturated carbocycles. The maximum Gasteiger partial charge on any atom is 0.0629 e. The van der Waals surface area contributed by atoms with E-state index in [1.807, 2.05) is 0 Å². The minimum atomic E-state index is -0.114. The smallest absolute Gasteiger partial charge is 0.0629 e. The first-order valence-corrected chi connectivity index (χ1v) is 6.29. The summed E-state index contributed by atoms with van der Waals surface area (Å²) < 4.78 is 0. The Morgan fingerprint density at radius 3 is 2.62 bits per heavy atom. The van der Waals surface area contributed by atoms with Crippen LogP contribution in [-0.4, -0.2) is 35.2 Å². The summed E-state index contributed by atoms with van der Waals surface area (Å²) in [6.07, 6.45) is 2.77. The third kappa shape index (κ3) is 1.88. The molecule has 0 aromatic heterocycles. The monoisotopic (exact) mass is 200 g/mol. The van der Waals surface area contributed by atoms with Crippen molar-refractivity contribution in [2.24, 2.45) is 11.1 Å². The molecule has 0 aromatic rings. The standard InChI is InChI=1S/C10H20N2S/c1-9(2,11)12-5-3-10(7-12)4-6-13-8-10/h3-8,11H2,1-2H3. The molecule has 0 aromatic carbocycles. The molecule has 2 N–H and O–H groups in total. The molecular formula is C10H20N2S. The van der Waals surface area contributed by atoms with E-state index in [9.17, 15) is 0 Å². The van der Waals surface area contributed by atoms with Gasteiger partial charge in [-0.05, 0) is 37.9 Å². The van der Waals surface area contributed by atoms with Gasteiger partial charge >= 0.3 is 0 Å². The summed E-state index contributed by atoms with van der Waals surface area (Å²) in [6, 6.07) is 0. The third-order valence-corrected chi connectivity index (χ3v) is 4.75. The van der Waals surface area contributed by atoms with E-state index in [-0.39, 0.29) is 5.66 Å². The van der Waals surface area contributed by atoms with Gasteiger partial charge in [0.25, 0.3) is 0 Å². The van der Waals surface area contributed by atoms with Gasteiger partial charge in [-0.2, -0.15) is 11.8 Å². The Kier molecular flexibility index (Phi) is 2.37. The summed E-state index contributed by atoms with van der Waals surface area (Å²) in [5.41, 5.74) is 6.62. The predicted molar refractivity (Wildman–Crippen MR) is 58.8 cm³/mol. The molecule has 1 unspecified atom stereocenters. The molecule has 0 amide bonds. The number of hydrogen-bond acceptors (Lipinski definition) is 3. The Balaban J connectivity index is 2.01. The number of likely N-dealkylation sites (tertiary alicyclic amines) is 1. The Bertz CT molecular complexity index is 192. The lowest BCUT2D eigenvalue weighted by molar-refractivity contribution is 0.143. The molecule has 2 nitrogen and oxygen atoms in total. The van der Waals surface area contributed by atoms with E-state index >= 15 is 0 Å². The highest BCUT2D eigenvalue weighted by Crippen LogP contribution is 2.44. The molecule has 2 rings (SSSR count). The number of nitrogens with two attached hydrogens (primary N) is 1. The lowest BCUT2D eigenvalue weighted by atomic mass is 9.87. The molecule has 2 aliphatic rings. The average Bonchev–Trinajstić information content (AvgIpc) is 2.60. The Hall–Kier alpha value is 0.270. The van der Waals surface area contributed by atoms with Crippen molar-refractivity contribution in [3.8, 4) is 0 Å². The largest absolute Gasteiger partial charge is 0.314 e. The van der Waals surface area contributed by atoms with Gasteiger partial charge in [-0.15, -0.1) is 0 Å². The van der Waals surface area contributed by atoms with Gasteiger partial charge in [0.05, 0.1) is 5.66 Å². The van der Waals surface area contributed by atoms with E-state index in [0.29, 0.717) is 5.41 Å². The fraction of sp³-hybridized carbons (Fsp3) is 1.00. The van der Waals surface area contributed by atoms with Gasteiger partial charge in [-0.3, -0.25) is 4.90 Å². The van der Waals surface area contributed by atoms with Gasteiger partial charge in [-0.25, -0.2) is 0 Å². The maximum atomic E-state index is 6.11. The number of nitrogens with zero attached hydrogens (tertiary/aromatic N) is 1. The number of thioether (sulfide) groups is 1. The predicted octanol–water partition coefficient (Wildman–Crippen LogP) is 1.51. The van der Waals surface area contributed by atoms with Crippen LogP contribution in [0.15, 0.2) is 0 Å². The van der Waals surface area contributed by atoms with Crippen molar-refractivity contribution in [3.05, 3.63) is 0 Å². The van der Waals surface area contributed by atoms with Gasteiger partial charge < -0.3 is 5.73 Å². The van der Waals surface area contributed by atoms with Gasteiger partial charge in [0, 0.05) is 18.8 Å². The fourth-order valence-electron chi connectivity index (χ4n) is 2.40.